The molecule has 1 aromatic carbocycles. The van der Waals surface area contributed by atoms with Crippen LogP contribution in [-0.2, 0) is 0 Å². The molecule has 1 saturated carbocycles. The van der Waals surface area contributed by atoms with Crippen LogP contribution in [-0.4, -0.2) is 28.1 Å². The van der Waals surface area contributed by atoms with E-state index in [0.29, 0.717) is 12.0 Å². The van der Waals surface area contributed by atoms with Crippen LogP contribution in [0.15, 0.2) is 24.3 Å². The van der Waals surface area contributed by atoms with Crippen molar-refractivity contribution in [3.05, 3.63) is 35.5 Å². The van der Waals surface area contributed by atoms with Gasteiger partial charge < -0.3 is 15.4 Å². The quantitative estimate of drug-likeness (QED) is 0.785. The van der Waals surface area contributed by atoms with Crippen molar-refractivity contribution >= 4 is 16.8 Å². The van der Waals surface area contributed by atoms with Gasteiger partial charge in [0.05, 0.1) is 11.7 Å². The lowest BCUT2D eigenvalue weighted by molar-refractivity contribution is -0.0689. The minimum absolute atomic E-state index is 0.0260. The molecule has 0 aliphatic heterocycles. The van der Waals surface area contributed by atoms with E-state index in [-0.39, 0.29) is 23.5 Å². The summed E-state index contributed by atoms with van der Waals surface area (Å²) in [5, 5.41) is 13.8. The van der Waals surface area contributed by atoms with Gasteiger partial charge in [0, 0.05) is 28.1 Å². The van der Waals surface area contributed by atoms with Crippen LogP contribution in [0.2, 0.25) is 0 Å². The van der Waals surface area contributed by atoms with E-state index in [1.807, 2.05) is 45.0 Å². The normalized spacial score (nSPS) is 24.4. The van der Waals surface area contributed by atoms with Gasteiger partial charge in [0.1, 0.15) is 0 Å². The zero-order valence-electron chi connectivity index (χ0n) is 12.0. The van der Waals surface area contributed by atoms with Crippen LogP contribution in [0, 0.1) is 12.3 Å². The highest BCUT2D eigenvalue weighted by Gasteiger charge is 2.48. The van der Waals surface area contributed by atoms with E-state index in [2.05, 4.69) is 10.3 Å². The lowest BCUT2D eigenvalue weighted by Gasteiger charge is -2.49. The van der Waals surface area contributed by atoms with E-state index in [0.717, 1.165) is 16.6 Å². The van der Waals surface area contributed by atoms with E-state index >= 15 is 0 Å². The molecule has 106 valence electrons. The molecule has 1 aromatic heterocycles. The van der Waals surface area contributed by atoms with Gasteiger partial charge in [-0.3, -0.25) is 4.79 Å². The molecule has 4 heteroatoms. The maximum absolute atomic E-state index is 12.5. The number of H-pyrrole nitrogens is 1. The summed E-state index contributed by atoms with van der Waals surface area (Å²) in [5.74, 6) is -0.0649. The summed E-state index contributed by atoms with van der Waals surface area (Å²) < 4.78 is 0. The van der Waals surface area contributed by atoms with Gasteiger partial charge >= 0.3 is 0 Å². The molecule has 4 nitrogen and oxygen atoms in total. The second-order valence-electron chi connectivity index (χ2n) is 6.27. The highest BCUT2D eigenvalue weighted by atomic mass is 16.3. The number of aromatic amines is 1. The van der Waals surface area contributed by atoms with Crippen molar-refractivity contribution in [2.45, 2.75) is 39.3 Å². The van der Waals surface area contributed by atoms with Crippen molar-refractivity contribution in [2.24, 2.45) is 5.41 Å². The van der Waals surface area contributed by atoms with Gasteiger partial charge in [0.15, 0.2) is 0 Å². The molecule has 0 radical (unpaired) electrons. The Bertz CT molecular complexity index is 672. The maximum atomic E-state index is 12.5. The standard InChI is InChI=1S/C16H20N2O2/c1-9-14(10-6-4-5-7-11(10)17-9)15(20)18-12-8-13(19)16(12,2)3/h4-7,12-13,17,19H,8H2,1-3H3,(H,18,20). The van der Waals surface area contributed by atoms with Crippen LogP contribution in [0.5, 0.6) is 0 Å². The third kappa shape index (κ3) is 1.83. The van der Waals surface area contributed by atoms with Gasteiger partial charge in [-0.1, -0.05) is 32.0 Å². The molecule has 1 aliphatic rings. The van der Waals surface area contributed by atoms with E-state index in [9.17, 15) is 9.90 Å². The van der Waals surface area contributed by atoms with Gasteiger partial charge in [-0.2, -0.15) is 0 Å². The number of rotatable bonds is 2. The summed E-state index contributed by atoms with van der Waals surface area (Å²) >= 11 is 0. The Morgan fingerprint density at radius 1 is 1.40 bits per heavy atom. The third-order valence-electron chi connectivity index (χ3n) is 4.64. The highest BCUT2D eigenvalue weighted by Crippen LogP contribution is 2.40. The molecule has 2 atom stereocenters. The Labute approximate surface area is 118 Å². The van der Waals surface area contributed by atoms with Crippen LogP contribution in [0.25, 0.3) is 10.9 Å². The number of carbonyl (C=O) groups is 1. The number of nitrogens with one attached hydrogen (secondary N) is 2. The first-order chi connectivity index (χ1) is 9.41. The smallest absolute Gasteiger partial charge is 0.253 e. The minimum atomic E-state index is -0.336. The fourth-order valence-electron chi connectivity index (χ4n) is 2.95. The Morgan fingerprint density at radius 2 is 2.10 bits per heavy atom. The number of para-hydroxylation sites is 1. The average Bonchev–Trinajstić information content (AvgIpc) is 2.74. The third-order valence-corrected chi connectivity index (χ3v) is 4.64. The summed E-state index contributed by atoms with van der Waals surface area (Å²) in [6.45, 7) is 5.87. The molecule has 0 bridgehead atoms. The van der Waals surface area contributed by atoms with Crippen molar-refractivity contribution < 1.29 is 9.90 Å². The molecule has 1 fully saturated rings. The zero-order valence-corrected chi connectivity index (χ0v) is 12.0. The monoisotopic (exact) mass is 272 g/mol. The molecule has 0 saturated heterocycles. The number of benzene rings is 1. The molecular formula is C16H20N2O2. The number of aromatic nitrogens is 1. The molecule has 0 spiro atoms. The van der Waals surface area contributed by atoms with Crippen molar-refractivity contribution in [3.8, 4) is 0 Å². The molecule has 2 unspecified atom stereocenters. The van der Waals surface area contributed by atoms with Gasteiger partial charge in [-0.25, -0.2) is 0 Å². The van der Waals surface area contributed by atoms with Gasteiger partial charge in [-0.05, 0) is 19.4 Å². The van der Waals surface area contributed by atoms with Gasteiger partial charge in [0.2, 0.25) is 0 Å². The SMILES string of the molecule is Cc1[nH]c2ccccc2c1C(=O)NC1CC(O)C1(C)C. The van der Waals surface area contributed by atoms with Crippen molar-refractivity contribution in [1.82, 2.24) is 10.3 Å². The second kappa shape index (κ2) is 4.35. The lowest BCUT2D eigenvalue weighted by atomic mass is 9.64. The predicted octanol–water partition coefficient (Wildman–Crippen LogP) is 2.37. The average molecular weight is 272 g/mol. The van der Waals surface area contributed by atoms with Crippen LogP contribution in [0.1, 0.15) is 36.3 Å². The van der Waals surface area contributed by atoms with Crippen molar-refractivity contribution in [1.29, 1.82) is 0 Å². The molecule has 2 aromatic rings. The molecular weight excluding hydrogens is 252 g/mol. The van der Waals surface area contributed by atoms with Gasteiger partial charge in [-0.15, -0.1) is 0 Å². The first-order valence-corrected chi connectivity index (χ1v) is 6.97. The molecule has 1 amide bonds. The number of aliphatic hydroxyl groups excluding tert-OH is 1. The number of amides is 1. The summed E-state index contributed by atoms with van der Waals surface area (Å²) in [6.07, 6.45) is 0.289. The molecule has 3 rings (SSSR count). The number of carbonyl (C=O) groups excluding carboxylic acids is 1. The Balaban J connectivity index is 1.89. The van der Waals surface area contributed by atoms with E-state index in [4.69, 9.17) is 0 Å². The molecule has 1 aliphatic carbocycles. The lowest BCUT2D eigenvalue weighted by Crippen LogP contribution is -2.61. The van der Waals surface area contributed by atoms with Crippen LogP contribution >= 0.6 is 0 Å². The molecule has 20 heavy (non-hydrogen) atoms. The van der Waals surface area contributed by atoms with E-state index < -0.39 is 0 Å². The Hall–Kier alpha value is -1.81. The van der Waals surface area contributed by atoms with Crippen LogP contribution in [0.4, 0.5) is 0 Å². The fraction of sp³-hybridized carbons (Fsp3) is 0.438. The summed E-state index contributed by atoms with van der Waals surface area (Å²) in [6, 6.07) is 7.83. The first-order valence-electron chi connectivity index (χ1n) is 6.97. The van der Waals surface area contributed by atoms with Crippen molar-refractivity contribution in [2.75, 3.05) is 0 Å². The Kier molecular flexibility index (Phi) is 2.87. The maximum Gasteiger partial charge on any atom is 0.253 e. The first kappa shape index (κ1) is 13.2. The minimum Gasteiger partial charge on any atom is -0.392 e. The summed E-state index contributed by atoms with van der Waals surface area (Å²) in [5.41, 5.74) is 2.30. The zero-order chi connectivity index (χ0) is 14.5. The molecule has 3 N–H and O–H groups in total. The number of aliphatic hydroxyl groups is 1. The number of fused-ring (bicyclic) bond motifs is 1. The summed E-state index contributed by atoms with van der Waals surface area (Å²) in [4.78, 5) is 15.8. The predicted molar refractivity (Wildman–Crippen MR) is 78.7 cm³/mol. The number of aryl methyl sites for hydroxylation is 1. The largest absolute Gasteiger partial charge is 0.392 e. The van der Waals surface area contributed by atoms with E-state index in [1.54, 1.807) is 0 Å². The van der Waals surface area contributed by atoms with E-state index in [1.165, 1.54) is 0 Å². The van der Waals surface area contributed by atoms with Crippen molar-refractivity contribution in [3.63, 3.8) is 0 Å². The number of hydrogen-bond acceptors (Lipinski definition) is 2. The van der Waals surface area contributed by atoms with Crippen LogP contribution < -0.4 is 5.32 Å². The van der Waals surface area contributed by atoms with Crippen LogP contribution in [0.3, 0.4) is 0 Å². The highest BCUT2D eigenvalue weighted by molar-refractivity contribution is 6.08. The second-order valence-corrected chi connectivity index (χ2v) is 6.27. The van der Waals surface area contributed by atoms with Gasteiger partial charge in [0.25, 0.3) is 5.91 Å². The topological polar surface area (TPSA) is 65.1 Å². The summed E-state index contributed by atoms with van der Waals surface area (Å²) in [7, 11) is 0. The fourth-order valence-corrected chi connectivity index (χ4v) is 2.95. The Morgan fingerprint density at radius 3 is 2.75 bits per heavy atom. The molecule has 1 heterocycles. The number of hydrogen-bond donors (Lipinski definition) is 3.